The molecular weight excluding hydrogens is 280 g/mol. The summed E-state index contributed by atoms with van der Waals surface area (Å²) in [5.74, 6) is 0.617. The van der Waals surface area contributed by atoms with E-state index in [9.17, 15) is 8.42 Å². The second-order valence-electron chi connectivity index (χ2n) is 5.26. The van der Waals surface area contributed by atoms with Gasteiger partial charge in [0.05, 0.1) is 6.54 Å². The summed E-state index contributed by atoms with van der Waals surface area (Å²) in [5, 5.41) is 3.16. The normalized spacial score (nSPS) is 17.8. The molecule has 0 radical (unpaired) electrons. The molecule has 6 nitrogen and oxygen atoms in total. The lowest BCUT2D eigenvalue weighted by Crippen LogP contribution is -2.38. The Morgan fingerprint density at radius 1 is 1.30 bits per heavy atom. The second-order valence-corrected chi connectivity index (χ2v) is 6.91. The highest BCUT2D eigenvalue weighted by atomic mass is 32.2. The first-order valence-corrected chi connectivity index (χ1v) is 8.38. The van der Waals surface area contributed by atoms with Crippen LogP contribution in [-0.4, -0.2) is 33.7 Å². The molecule has 0 aromatic carbocycles. The molecule has 1 aliphatic rings. The van der Waals surface area contributed by atoms with Gasteiger partial charge in [0.1, 0.15) is 5.76 Å². The van der Waals surface area contributed by atoms with Crippen molar-refractivity contribution < 1.29 is 17.6 Å². The number of hydrogen-bond acceptors (Lipinski definition) is 5. The molecule has 0 aliphatic carbocycles. The Labute approximate surface area is 119 Å². The zero-order valence-corrected chi connectivity index (χ0v) is 12.7. The zero-order valence-electron chi connectivity index (χ0n) is 11.9. The summed E-state index contributed by atoms with van der Waals surface area (Å²) in [4.78, 5) is 0. The van der Waals surface area contributed by atoms with Crippen molar-refractivity contribution in [2.75, 3.05) is 13.2 Å². The second kappa shape index (κ2) is 6.71. The smallest absolute Gasteiger partial charge is 0.274 e. The van der Waals surface area contributed by atoms with E-state index < -0.39 is 10.0 Å². The standard InChI is InChI=1S/C13H22N2O4S/c1-10(2)14-9-12-3-4-13(19-12)20(16,17)15-11-5-7-18-8-6-11/h3-4,10-11,14-15H,5-9H2,1-2H3. The van der Waals surface area contributed by atoms with Crippen LogP contribution in [0.5, 0.6) is 0 Å². The maximum Gasteiger partial charge on any atom is 0.274 e. The first kappa shape index (κ1) is 15.5. The molecule has 1 fully saturated rings. The van der Waals surface area contributed by atoms with Gasteiger partial charge in [-0.2, -0.15) is 0 Å². The lowest BCUT2D eigenvalue weighted by atomic mass is 10.1. The SMILES string of the molecule is CC(C)NCc1ccc(S(=O)(=O)NC2CCOCC2)o1. The molecule has 0 saturated carbocycles. The molecule has 114 valence electrons. The van der Waals surface area contributed by atoms with Gasteiger partial charge in [0.15, 0.2) is 0 Å². The molecule has 0 atom stereocenters. The first-order valence-electron chi connectivity index (χ1n) is 6.89. The topological polar surface area (TPSA) is 80.6 Å². The van der Waals surface area contributed by atoms with E-state index in [1.54, 1.807) is 6.07 Å². The van der Waals surface area contributed by atoms with Crippen molar-refractivity contribution in [2.45, 2.75) is 50.4 Å². The highest BCUT2D eigenvalue weighted by Gasteiger charge is 2.24. The third kappa shape index (κ3) is 4.31. The van der Waals surface area contributed by atoms with Gasteiger partial charge in [0.2, 0.25) is 5.09 Å². The third-order valence-corrected chi connectivity index (χ3v) is 4.52. The minimum atomic E-state index is -3.58. The molecular formula is C13H22N2O4S. The number of sulfonamides is 1. The molecule has 2 N–H and O–H groups in total. The molecule has 0 spiro atoms. The van der Waals surface area contributed by atoms with Gasteiger partial charge in [-0.25, -0.2) is 13.1 Å². The number of ether oxygens (including phenoxy) is 1. The molecule has 7 heteroatoms. The summed E-state index contributed by atoms with van der Waals surface area (Å²) in [6.07, 6.45) is 1.39. The number of furan rings is 1. The van der Waals surface area contributed by atoms with Crippen molar-refractivity contribution in [1.29, 1.82) is 0 Å². The molecule has 1 saturated heterocycles. The van der Waals surface area contributed by atoms with Gasteiger partial charge in [0.25, 0.3) is 10.0 Å². The minimum Gasteiger partial charge on any atom is -0.447 e. The number of rotatable bonds is 6. The monoisotopic (exact) mass is 302 g/mol. The largest absolute Gasteiger partial charge is 0.447 e. The zero-order chi connectivity index (χ0) is 14.6. The van der Waals surface area contributed by atoms with Gasteiger partial charge in [-0.1, -0.05) is 13.8 Å². The predicted molar refractivity (Wildman–Crippen MR) is 74.8 cm³/mol. The van der Waals surface area contributed by atoms with E-state index in [-0.39, 0.29) is 11.1 Å². The van der Waals surface area contributed by atoms with Crippen molar-refractivity contribution in [2.24, 2.45) is 0 Å². The maximum absolute atomic E-state index is 12.2. The Kier molecular flexibility index (Phi) is 5.20. The van der Waals surface area contributed by atoms with Gasteiger partial charge in [0, 0.05) is 25.3 Å². The Hall–Kier alpha value is -0.890. The summed E-state index contributed by atoms with van der Waals surface area (Å²) in [6.45, 7) is 5.74. The van der Waals surface area contributed by atoms with Crippen LogP contribution in [0.1, 0.15) is 32.4 Å². The van der Waals surface area contributed by atoms with Crippen LogP contribution in [0.2, 0.25) is 0 Å². The molecule has 20 heavy (non-hydrogen) atoms. The van der Waals surface area contributed by atoms with E-state index in [2.05, 4.69) is 10.0 Å². The summed E-state index contributed by atoms with van der Waals surface area (Å²) in [5.41, 5.74) is 0. The van der Waals surface area contributed by atoms with Gasteiger partial charge in [-0.3, -0.25) is 0 Å². The number of nitrogens with one attached hydrogen (secondary N) is 2. The number of hydrogen-bond donors (Lipinski definition) is 2. The Morgan fingerprint density at radius 2 is 2.00 bits per heavy atom. The van der Waals surface area contributed by atoms with Crippen LogP contribution < -0.4 is 10.0 Å². The molecule has 2 heterocycles. The fourth-order valence-electron chi connectivity index (χ4n) is 2.00. The lowest BCUT2D eigenvalue weighted by Gasteiger charge is -2.22. The van der Waals surface area contributed by atoms with Crippen LogP contribution in [0, 0.1) is 0 Å². The average molecular weight is 302 g/mol. The molecule has 2 rings (SSSR count). The van der Waals surface area contributed by atoms with Crippen LogP contribution in [0.4, 0.5) is 0 Å². The lowest BCUT2D eigenvalue weighted by molar-refractivity contribution is 0.0831. The first-order chi connectivity index (χ1) is 9.47. The molecule has 0 unspecified atom stereocenters. The van der Waals surface area contributed by atoms with E-state index in [0.717, 1.165) is 0 Å². The van der Waals surface area contributed by atoms with Crippen molar-refractivity contribution in [3.05, 3.63) is 17.9 Å². The van der Waals surface area contributed by atoms with Gasteiger partial charge < -0.3 is 14.5 Å². The summed E-state index contributed by atoms with van der Waals surface area (Å²) >= 11 is 0. The Morgan fingerprint density at radius 3 is 2.65 bits per heavy atom. The molecule has 1 aromatic rings. The fraction of sp³-hybridized carbons (Fsp3) is 0.692. The van der Waals surface area contributed by atoms with Crippen LogP contribution in [-0.2, 0) is 21.3 Å². The van der Waals surface area contributed by atoms with E-state index >= 15 is 0 Å². The summed E-state index contributed by atoms with van der Waals surface area (Å²) in [7, 11) is -3.58. The van der Waals surface area contributed by atoms with Gasteiger partial charge in [-0.05, 0) is 25.0 Å². The third-order valence-electron chi connectivity index (χ3n) is 3.13. The highest BCUT2D eigenvalue weighted by Crippen LogP contribution is 2.16. The Bertz CT molecular complexity index is 518. The van der Waals surface area contributed by atoms with E-state index in [1.807, 2.05) is 13.8 Å². The van der Waals surface area contributed by atoms with Crippen molar-refractivity contribution >= 4 is 10.0 Å². The average Bonchev–Trinajstić information content (AvgIpc) is 2.86. The van der Waals surface area contributed by atoms with E-state index in [1.165, 1.54) is 6.07 Å². The van der Waals surface area contributed by atoms with Crippen LogP contribution in [0.25, 0.3) is 0 Å². The molecule has 0 amide bonds. The molecule has 1 aliphatic heterocycles. The van der Waals surface area contributed by atoms with Crippen molar-refractivity contribution in [3.8, 4) is 0 Å². The van der Waals surface area contributed by atoms with E-state index in [0.29, 0.717) is 44.4 Å². The fourth-order valence-corrected chi connectivity index (χ4v) is 3.25. The highest BCUT2D eigenvalue weighted by molar-refractivity contribution is 7.89. The van der Waals surface area contributed by atoms with Gasteiger partial charge in [-0.15, -0.1) is 0 Å². The van der Waals surface area contributed by atoms with Crippen molar-refractivity contribution in [1.82, 2.24) is 10.0 Å². The summed E-state index contributed by atoms with van der Waals surface area (Å²) in [6, 6.07) is 3.43. The van der Waals surface area contributed by atoms with Crippen molar-refractivity contribution in [3.63, 3.8) is 0 Å². The van der Waals surface area contributed by atoms with Crippen LogP contribution >= 0.6 is 0 Å². The minimum absolute atomic E-state index is 0.0236. The quantitative estimate of drug-likeness (QED) is 0.826. The summed E-state index contributed by atoms with van der Waals surface area (Å²) < 4.78 is 37.6. The van der Waals surface area contributed by atoms with Crippen LogP contribution in [0.3, 0.4) is 0 Å². The maximum atomic E-state index is 12.2. The Balaban J connectivity index is 1.98. The predicted octanol–water partition coefficient (Wildman–Crippen LogP) is 1.23. The molecule has 0 bridgehead atoms. The van der Waals surface area contributed by atoms with Gasteiger partial charge >= 0.3 is 0 Å². The molecule has 1 aromatic heterocycles. The van der Waals surface area contributed by atoms with E-state index in [4.69, 9.17) is 9.15 Å². The van der Waals surface area contributed by atoms with Crippen LogP contribution in [0.15, 0.2) is 21.6 Å².